The summed E-state index contributed by atoms with van der Waals surface area (Å²) in [5.41, 5.74) is 5.57. The molecule has 2 aliphatic rings. The molecule has 4 nitrogen and oxygen atoms in total. The number of aryl methyl sites for hydroxylation is 1. The van der Waals surface area contributed by atoms with Gasteiger partial charge in [-0.2, -0.15) is 0 Å². The highest BCUT2D eigenvalue weighted by atomic mass is 16.5. The summed E-state index contributed by atoms with van der Waals surface area (Å²) >= 11 is 0. The minimum atomic E-state index is -0.194. The Kier molecular flexibility index (Phi) is 10.5. The highest BCUT2D eigenvalue weighted by molar-refractivity contribution is 5.92. The number of unbranched alkanes of at least 4 members (excludes halogenated alkanes) is 2. The number of esters is 1. The lowest BCUT2D eigenvalue weighted by Gasteiger charge is -2.29. The molecule has 2 aliphatic carbocycles. The second-order valence-corrected chi connectivity index (χ2v) is 12.6. The zero-order chi connectivity index (χ0) is 29.3. The minimum Gasteiger partial charge on any atom is -0.426 e. The zero-order valence-corrected chi connectivity index (χ0v) is 25.4. The average molecular weight is 565 g/mol. The van der Waals surface area contributed by atoms with E-state index in [9.17, 15) is 9.59 Å². The van der Waals surface area contributed by atoms with Crippen molar-refractivity contribution in [2.45, 2.75) is 96.8 Å². The van der Waals surface area contributed by atoms with Gasteiger partial charge in [0.1, 0.15) is 5.75 Å². The van der Waals surface area contributed by atoms with E-state index in [2.05, 4.69) is 42.6 Å². The molecule has 221 valence electrons. The Morgan fingerprint density at radius 2 is 1.45 bits per heavy atom. The Labute approximate surface area is 252 Å². The quantitative estimate of drug-likeness (QED) is 0.151. The van der Waals surface area contributed by atoms with Crippen LogP contribution >= 0.6 is 0 Å². The Hall–Kier alpha value is -3.40. The van der Waals surface area contributed by atoms with E-state index in [1.165, 1.54) is 62.5 Å². The highest BCUT2D eigenvalue weighted by Crippen LogP contribution is 2.38. The second kappa shape index (κ2) is 14.7. The van der Waals surface area contributed by atoms with Gasteiger partial charge in [0.2, 0.25) is 5.91 Å². The Morgan fingerprint density at radius 1 is 0.810 bits per heavy atom. The molecule has 4 heteroatoms. The Balaban J connectivity index is 1.07. The molecular weight excluding hydrogens is 518 g/mol. The van der Waals surface area contributed by atoms with Crippen LogP contribution in [0.3, 0.4) is 0 Å². The van der Waals surface area contributed by atoms with Crippen molar-refractivity contribution >= 4 is 17.6 Å². The van der Waals surface area contributed by atoms with Crippen molar-refractivity contribution in [3.05, 3.63) is 83.9 Å². The van der Waals surface area contributed by atoms with Crippen molar-refractivity contribution in [1.29, 1.82) is 0 Å². The van der Waals surface area contributed by atoms with Crippen molar-refractivity contribution in [3.63, 3.8) is 0 Å². The molecule has 0 aliphatic heterocycles. The smallest absolute Gasteiger partial charge is 0.314 e. The Bertz CT molecular complexity index is 1300. The summed E-state index contributed by atoms with van der Waals surface area (Å²) in [5.74, 6) is 1.80. The summed E-state index contributed by atoms with van der Waals surface area (Å²) in [7, 11) is 0. The topological polar surface area (TPSA) is 55.4 Å². The average Bonchev–Trinajstić information content (AvgIpc) is 3.02. The van der Waals surface area contributed by atoms with Gasteiger partial charge in [-0.3, -0.25) is 9.59 Å². The first-order valence-electron chi connectivity index (χ1n) is 16.2. The van der Waals surface area contributed by atoms with Crippen LogP contribution < -0.4 is 10.1 Å². The molecule has 1 amide bonds. The number of carbonyl (C=O) groups is 2. The van der Waals surface area contributed by atoms with Gasteiger partial charge in [-0.05, 0) is 123 Å². The first kappa shape index (κ1) is 30.1. The van der Waals surface area contributed by atoms with Gasteiger partial charge in [0.25, 0.3) is 0 Å². The van der Waals surface area contributed by atoms with E-state index in [-0.39, 0.29) is 23.7 Å². The fourth-order valence-electron chi connectivity index (χ4n) is 6.83. The summed E-state index contributed by atoms with van der Waals surface area (Å²) in [4.78, 5) is 25.6. The van der Waals surface area contributed by atoms with Gasteiger partial charge in [0.15, 0.2) is 0 Å². The number of anilines is 1. The molecule has 5 rings (SSSR count). The van der Waals surface area contributed by atoms with E-state index in [0.717, 1.165) is 22.7 Å². The lowest BCUT2D eigenvalue weighted by atomic mass is 9.77. The number of carbonyl (C=O) groups excluding carboxylic acids is 2. The molecule has 0 bridgehead atoms. The molecule has 0 saturated heterocycles. The normalized spacial score (nSPS) is 22.3. The summed E-state index contributed by atoms with van der Waals surface area (Å²) in [6.07, 6.45) is 13.6. The van der Waals surface area contributed by atoms with E-state index in [1.54, 1.807) is 0 Å². The van der Waals surface area contributed by atoms with Crippen LogP contribution in [-0.2, 0) is 9.59 Å². The number of amides is 1. The molecule has 0 unspecified atom stereocenters. The molecule has 3 aromatic carbocycles. The first-order chi connectivity index (χ1) is 20.5. The van der Waals surface area contributed by atoms with Gasteiger partial charge in [0, 0.05) is 11.6 Å². The summed E-state index contributed by atoms with van der Waals surface area (Å²) in [6, 6.07) is 25.6. The molecular formula is C38H46NO3. The number of hydrogen-bond donors (Lipinski definition) is 1. The van der Waals surface area contributed by atoms with E-state index in [0.29, 0.717) is 37.4 Å². The molecule has 42 heavy (non-hydrogen) atoms. The van der Waals surface area contributed by atoms with Gasteiger partial charge in [-0.15, -0.1) is 0 Å². The molecule has 2 fully saturated rings. The third-order valence-electron chi connectivity index (χ3n) is 9.50. The van der Waals surface area contributed by atoms with Gasteiger partial charge in [-0.1, -0.05) is 75.1 Å². The fraction of sp³-hybridized carbons (Fsp3) is 0.474. The molecule has 0 atom stereocenters. The third kappa shape index (κ3) is 8.12. The van der Waals surface area contributed by atoms with Crippen LogP contribution in [0.15, 0.2) is 66.7 Å². The van der Waals surface area contributed by atoms with Gasteiger partial charge >= 0.3 is 5.97 Å². The van der Waals surface area contributed by atoms with E-state index in [4.69, 9.17) is 4.74 Å². The monoisotopic (exact) mass is 564 g/mol. The van der Waals surface area contributed by atoms with Crippen molar-refractivity contribution in [1.82, 2.24) is 0 Å². The van der Waals surface area contributed by atoms with Crippen LogP contribution in [0.2, 0.25) is 0 Å². The van der Waals surface area contributed by atoms with Crippen LogP contribution in [-0.4, -0.2) is 11.9 Å². The van der Waals surface area contributed by atoms with E-state index >= 15 is 0 Å². The number of hydrogen-bond acceptors (Lipinski definition) is 3. The molecule has 0 aromatic heterocycles. The minimum absolute atomic E-state index is 0.0289. The molecule has 2 saturated carbocycles. The second-order valence-electron chi connectivity index (χ2n) is 12.6. The highest BCUT2D eigenvalue weighted by Gasteiger charge is 2.31. The summed E-state index contributed by atoms with van der Waals surface area (Å²) < 4.78 is 5.74. The van der Waals surface area contributed by atoms with Crippen LogP contribution in [0.1, 0.15) is 101 Å². The predicted molar refractivity (Wildman–Crippen MR) is 170 cm³/mol. The van der Waals surface area contributed by atoms with Crippen LogP contribution in [0.5, 0.6) is 5.75 Å². The SMILES string of the molecule is CCCCCC1CCC(c2ccc(-c3ccc(OC(=O)C4CCC(C(=O)Nc5cc[c]c(C)c5)CC4)cc3)cc2)CC1. The maximum atomic E-state index is 12.9. The molecule has 0 heterocycles. The van der Waals surface area contributed by atoms with E-state index in [1.807, 2.05) is 49.4 Å². The lowest BCUT2D eigenvalue weighted by molar-refractivity contribution is -0.141. The molecule has 3 aromatic rings. The third-order valence-corrected chi connectivity index (χ3v) is 9.50. The van der Waals surface area contributed by atoms with Crippen molar-refractivity contribution < 1.29 is 14.3 Å². The maximum absolute atomic E-state index is 12.9. The van der Waals surface area contributed by atoms with E-state index < -0.39 is 0 Å². The van der Waals surface area contributed by atoms with Crippen LogP contribution in [0.25, 0.3) is 11.1 Å². The van der Waals surface area contributed by atoms with Gasteiger partial charge in [-0.25, -0.2) is 0 Å². The number of rotatable bonds is 10. The van der Waals surface area contributed by atoms with Crippen molar-refractivity contribution in [3.8, 4) is 16.9 Å². The van der Waals surface area contributed by atoms with Gasteiger partial charge in [0.05, 0.1) is 5.92 Å². The standard InChI is InChI=1S/C38H46NO3/c1-3-4-5-8-28-10-12-29(13-11-28)30-14-16-31(17-15-30)32-22-24-36(25-23-32)42-38(41)34-20-18-33(19-21-34)37(40)39-35-9-6-7-27(2)26-35/h6,9,14-17,22-26,28-29,33-34H,3-5,8,10-13,18-21H2,1-2H3,(H,39,40). The van der Waals surface area contributed by atoms with Gasteiger partial charge < -0.3 is 10.1 Å². The summed E-state index contributed by atoms with van der Waals surface area (Å²) in [6.45, 7) is 4.24. The number of nitrogens with one attached hydrogen (secondary N) is 1. The lowest BCUT2D eigenvalue weighted by Crippen LogP contribution is -2.31. The maximum Gasteiger partial charge on any atom is 0.314 e. The van der Waals surface area contributed by atoms with Crippen LogP contribution in [0, 0.1) is 30.7 Å². The number of ether oxygens (including phenoxy) is 1. The zero-order valence-electron chi connectivity index (χ0n) is 25.4. The number of benzene rings is 3. The molecule has 1 radical (unpaired) electrons. The first-order valence-corrected chi connectivity index (χ1v) is 16.2. The summed E-state index contributed by atoms with van der Waals surface area (Å²) in [5, 5.41) is 3.01. The predicted octanol–water partition coefficient (Wildman–Crippen LogP) is 9.67. The van der Waals surface area contributed by atoms with Crippen molar-refractivity contribution in [2.75, 3.05) is 5.32 Å². The Morgan fingerprint density at radius 3 is 2.10 bits per heavy atom. The molecule has 1 N–H and O–H groups in total. The molecule has 0 spiro atoms. The largest absolute Gasteiger partial charge is 0.426 e. The van der Waals surface area contributed by atoms with Crippen LogP contribution in [0.4, 0.5) is 5.69 Å². The van der Waals surface area contributed by atoms with Crippen molar-refractivity contribution in [2.24, 2.45) is 17.8 Å². The fourth-order valence-corrected chi connectivity index (χ4v) is 6.83.